The minimum absolute atomic E-state index is 0.00934. The van der Waals surface area contributed by atoms with Gasteiger partial charge in [0, 0.05) is 5.71 Å². The van der Waals surface area contributed by atoms with Crippen molar-refractivity contribution in [3.05, 3.63) is 35.6 Å². The van der Waals surface area contributed by atoms with Crippen LogP contribution >= 0.6 is 0 Å². The SMILES string of the molecule is COC(=O)CC1C(=O)N(Cc2ccc(F)cc2)N=C1C. The van der Waals surface area contributed by atoms with Gasteiger partial charge in [-0.05, 0) is 24.6 Å². The molecule has 5 nitrogen and oxygen atoms in total. The molecule has 1 amide bonds. The molecule has 0 N–H and O–H groups in total. The van der Waals surface area contributed by atoms with Gasteiger partial charge in [-0.1, -0.05) is 12.1 Å². The summed E-state index contributed by atoms with van der Waals surface area (Å²) in [5.74, 6) is -1.58. The lowest BCUT2D eigenvalue weighted by molar-refractivity contribution is -0.144. The van der Waals surface area contributed by atoms with E-state index >= 15 is 0 Å². The Morgan fingerprint density at radius 3 is 2.65 bits per heavy atom. The van der Waals surface area contributed by atoms with Crippen molar-refractivity contribution in [1.29, 1.82) is 0 Å². The zero-order valence-electron chi connectivity index (χ0n) is 11.3. The van der Waals surface area contributed by atoms with Gasteiger partial charge >= 0.3 is 5.97 Å². The smallest absolute Gasteiger partial charge is 0.306 e. The summed E-state index contributed by atoms with van der Waals surface area (Å²) in [6, 6.07) is 5.86. The average Bonchev–Trinajstić information content (AvgIpc) is 2.69. The summed E-state index contributed by atoms with van der Waals surface area (Å²) in [4.78, 5) is 23.4. The van der Waals surface area contributed by atoms with E-state index in [0.717, 1.165) is 5.56 Å². The number of halogens is 1. The topological polar surface area (TPSA) is 59.0 Å². The summed E-state index contributed by atoms with van der Waals surface area (Å²) >= 11 is 0. The number of rotatable bonds is 4. The predicted molar refractivity (Wildman–Crippen MR) is 70.2 cm³/mol. The Kier molecular flexibility index (Phi) is 4.12. The zero-order valence-corrected chi connectivity index (χ0v) is 11.3. The molecule has 1 aliphatic heterocycles. The number of nitrogens with zero attached hydrogens (tertiary/aromatic N) is 2. The van der Waals surface area contributed by atoms with E-state index in [4.69, 9.17) is 0 Å². The van der Waals surface area contributed by atoms with Crippen molar-refractivity contribution in [3.8, 4) is 0 Å². The largest absolute Gasteiger partial charge is 0.469 e. The quantitative estimate of drug-likeness (QED) is 0.788. The van der Waals surface area contributed by atoms with Gasteiger partial charge in [-0.2, -0.15) is 5.10 Å². The van der Waals surface area contributed by atoms with E-state index in [-0.39, 0.29) is 24.7 Å². The maximum absolute atomic E-state index is 12.8. The van der Waals surface area contributed by atoms with Crippen LogP contribution in [0.15, 0.2) is 29.4 Å². The fourth-order valence-corrected chi connectivity index (χ4v) is 2.03. The number of carbonyl (C=O) groups excluding carboxylic acids is 2. The highest BCUT2D eigenvalue weighted by molar-refractivity contribution is 6.08. The van der Waals surface area contributed by atoms with Crippen LogP contribution in [0.3, 0.4) is 0 Å². The Bertz CT molecular complexity index is 554. The minimum atomic E-state index is -0.567. The highest BCUT2D eigenvalue weighted by atomic mass is 19.1. The second-order valence-corrected chi connectivity index (χ2v) is 4.60. The first kappa shape index (κ1) is 14.2. The molecule has 20 heavy (non-hydrogen) atoms. The van der Waals surface area contributed by atoms with Crippen LogP contribution in [0, 0.1) is 11.7 Å². The summed E-state index contributed by atoms with van der Waals surface area (Å²) in [6.07, 6.45) is -0.00934. The molecule has 0 radical (unpaired) electrons. The lowest BCUT2D eigenvalue weighted by Crippen LogP contribution is -2.28. The monoisotopic (exact) mass is 278 g/mol. The molecule has 1 aromatic rings. The second-order valence-electron chi connectivity index (χ2n) is 4.60. The minimum Gasteiger partial charge on any atom is -0.469 e. The van der Waals surface area contributed by atoms with Gasteiger partial charge in [-0.3, -0.25) is 9.59 Å². The van der Waals surface area contributed by atoms with Crippen molar-refractivity contribution in [2.75, 3.05) is 7.11 Å². The third-order valence-corrected chi connectivity index (χ3v) is 3.18. The number of hydrogen-bond acceptors (Lipinski definition) is 4. The van der Waals surface area contributed by atoms with Crippen LogP contribution in [0.25, 0.3) is 0 Å². The molecule has 1 atom stereocenters. The highest BCUT2D eigenvalue weighted by Crippen LogP contribution is 2.21. The van der Waals surface area contributed by atoms with E-state index in [0.29, 0.717) is 5.71 Å². The molecule has 1 unspecified atom stereocenters. The Labute approximate surface area is 116 Å². The molecule has 0 saturated heterocycles. The fourth-order valence-electron chi connectivity index (χ4n) is 2.03. The summed E-state index contributed by atoms with van der Waals surface area (Å²) < 4.78 is 17.4. The van der Waals surface area contributed by atoms with E-state index in [1.165, 1.54) is 24.3 Å². The van der Waals surface area contributed by atoms with Crippen LogP contribution in [0.2, 0.25) is 0 Å². The number of amides is 1. The summed E-state index contributed by atoms with van der Waals surface area (Å²) in [5.41, 5.74) is 1.36. The molecular weight excluding hydrogens is 263 g/mol. The van der Waals surface area contributed by atoms with Gasteiger partial charge in [0.15, 0.2) is 0 Å². The molecule has 2 rings (SSSR count). The Balaban J connectivity index is 2.06. The molecule has 0 aliphatic carbocycles. The van der Waals surface area contributed by atoms with Crippen molar-refractivity contribution in [1.82, 2.24) is 5.01 Å². The summed E-state index contributed by atoms with van der Waals surface area (Å²) in [7, 11) is 1.28. The first-order chi connectivity index (χ1) is 9.51. The molecule has 1 aromatic carbocycles. The Morgan fingerprint density at radius 2 is 2.05 bits per heavy atom. The molecular formula is C14H15FN2O3. The highest BCUT2D eigenvalue weighted by Gasteiger charge is 2.35. The predicted octanol–water partition coefficient (Wildman–Crippen LogP) is 1.72. The average molecular weight is 278 g/mol. The maximum atomic E-state index is 12.8. The first-order valence-corrected chi connectivity index (χ1v) is 6.19. The Morgan fingerprint density at radius 1 is 1.40 bits per heavy atom. The van der Waals surface area contributed by atoms with Crippen molar-refractivity contribution in [3.63, 3.8) is 0 Å². The molecule has 0 saturated carbocycles. The van der Waals surface area contributed by atoms with Crippen LogP contribution in [-0.4, -0.2) is 29.7 Å². The van der Waals surface area contributed by atoms with Gasteiger partial charge < -0.3 is 4.74 Å². The second kappa shape index (κ2) is 5.81. The number of carbonyl (C=O) groups is 2. The van der Waals surface area contributed by atoms with Crippen molar-refractivity contribution in [2.24, 2.45) is 11.0 Å². The lowest BCUT2D eigenvalue weighted by Gasteiger charge is -2.14. The maximum Gasteiger partial charge on any atom is 0.306 e. The van der Waals surface area contributed by atoms with E-state index < -0.39 is 11.9 Å². The summed E-state index contributed by atoms with van der Waals surface area (Å²) in [6.45, 7) is 1.96. The van der Waals surface area contributed by atoms with Gasteiger partial charge in [0.25, 0.3) is 5.91 Å². The van der Waals surface area contributed by atoms with Crippen LogP contribution in [0.5, 0.6) is 0 Å². The third kappa shape index (κ3) is 3.01. The number of hydrogen-bond donors (Lipinski definition) is 0. The fraction of sp³-hybridized carbons (Fsp3) is 0.357. The van der Waals surface area contributed by atoms with Crippen molar-refractivity contribution in [2.45, 2.75) is 19.9 Å². The molecule has 0 aromatic heterocycles. The molecule has 0 spiro atoms. The molecule has 1 heterocycles. The van der Waals surface area contributed by atoms with Crippen LogP contribution in [-0.2, 0) is 20.9 Å². The van der Waals surface area contributed by atoms with Gasteiger partial charge in [-0.25, -0.2) is 9.40 Å². The number of esters is 1. The number of benzene rings is 1. The molecule has 0 fully saturated rings. The zero-order chi connectivity index (χ0) is 14.7. The van der Waals surface area contributed by atoms with Gasteiger partial charge in [0.2, 0.25) is 0 Å². The summed E-state index contributed by atoms with van der Waals surface area (Å²) in [5, 5.41) is 5.46. The van der Waals surface area contributed by atoms with E-state index in [2.05, 4.69) is 9.84 Å². The number of ether oxygens (including phenoxy) is 1. The standard InChI is InChI=1S/C14H15FN2O3/c1-9-12(7-13(18)20-2)14(19)17(16-9)8-10-3-5-11(15)6-4-10/h3-6,12H,7-8H2,1-2H3. The third-order valence-electron chi connectivity index (χ3n) is 3.18. The number of hydrazone groups is 1. The van der Waals surface area contributed by atoms with E-state index in [1.807, 2.05) is 0 Å². The molecule has 0 bridgehead atoms. The van der Waals surface area contributed by atoms with Gasteiger partial charge in [-0.15, -0.1) is 0 Å². The molecule has 106 valence electrons. The first-order valence-electron chi connectivity index (χ1n) is 6.19. The van der Waals surface area contributed by atoms with Crippen LogP contribution in [0.4, 0.5) is 4.39 Å². The number of methoxy groups -OCH3 is 1. The van der Waals surface area contributed by atoms with Crippen molar-refractivity contribution >= 4 is 17.6 Å². The van der Waals surface area contributed by atoms with E-state index in [9.17, 15) is 14.0 Å². The van der Waals surface area contributed by atoms with Gasteiger partial charge in [0.05, 0.1) is 26.0 Å². The molecule has 1 aliphatic rings. The normalized spacial score (nSPS) is 18.1. The molecule has 6 heteroatoms. The van der Waals surface area contributed by atoms with E-state index in [1.54, 1.807) is 19.1 Å². The van der Waals surface area contributed by atoms with Crippen molar-refractivity contribution < 1.29 is 18.7 Å². The van der Waals surface area contributed by atoms with Crippen LogP contribution < -0.4 is 0 Å². The lowest BCUT2D eigenvalue weighted by atomic mass is 10.0. The van der Waals surface area contributed by atoms with Crippen LogP contribution in [0.1, 0.15) is 18.9 Å². The Hall–Kier alpha value is -2.24. The van der Waals surface area contributed by atoms with Gasteiger partial charge in [0.1, 0.15) is 5.82 Å².